The summed E-state index contributed by atoms with van der Waals surface area (Å²) in [5.41, 5.74) is -0.793. The van der Waals surface area contributed by atoms with Crippen LogP contribution in [0.4, 0.5) is 0 Å². The highest BCUT2D eigenvalue weighted by molar-refractivity contribution is 5.83. The number of hydrogen-bond donors (Lipinski definition) is 1. The third-order valence-electron chi connectivity index (χ3n) is 2.21. The van der Waals surface area contributed by atoms with E-state index in [0.29, 0.717) is 18.7 Å². The van der Waals surface area contributed by atoms with Crippen LogP contribution in [-0.2, 0) is 17.3 Å². The first-order chi connectivity index (χ1) is 5.67. The molecule has 1 fully saturated rings. The normalized spacial score (nSPS) is 19.1. The van der Waals surface area contributed by atoms with E-state index in [1.165, 1.54) is 4.68 Å². The van der Waals surface area contributed by atoms with Crippen molar-refractivity contribution in [1.82, 2.24) is 20.2 Å². The zero-order valence-electron chi connectivity index (χ0n) is 6.56. The van der Waals surface area contributed by atoms with Gasteiger partial charge in [0, 0.05) is 7.05 Å². The standard InChI is InChI=1S/C6H8N4O2/c1-10-4(7-8-9-10)6(2-3-6)5(11)12/h2-3H2,1H3,(H,11,12). The maximum absolute atomic E-state index is 10.8. The van der Waals surface area contributed by atoms with Crippen molar-refractivity contribution in [2.24, 2.45) is 7.05 Å². The Morgan fingerprint density at radius 2 is 2.33 bits per heavy atom. The molecule has 1 heterocycles. The average Bonchev–Trinajstić information content (AvgIpc) is 2.71. The number of aryl methyl sites for hydroxylation is 1. The molecule has 0 atom stereocenters. The van der Waals surface area contributed by atoms with E-state index in [9.17, 15) is 4.79 Å². The van der Waals surface area contributed by atoms with Crippen LogP contribution < -0.4 is 0 Å². The van der Waals surface area contributed by atoms with E-state index in [0.717, 1.165) is 0 Å². The summed E-state index contributed by atoms with van der Waals surface area (Å²) >= 11 is 0. The van der Waals surface area contributed by atoms with Gasteiger partial charge in [0.25, 0.3) is 0 Å². The molecule has 0 bridgehead atoms. The highest BCUT2D eigenvalue weighted by atomic mass is 16.4. The predicted molar refractivity (Wildman–Crippen MR) is 37.3 cm³/mol. The maximum Gasteiger partial charge on any atom is 0.317 e. The molecule has 0 radical (unpaired) electrons. The molecule has 0 spiro atoms. The van der Waals surface area contributed by atoms with Gasteiger partial charge in [-0.15, -0.1) is 5.10 Å². The number of aromatic nitrogens is 4. The quantitative estimate of drug-likeness (QED) is 0.633. The van der Waals surface area contributed by atoms with Crippen LogP contribution in [0.25, 0.3) is 0 Å². The number of tetrazole rings is 1. The summed E-state index contributed by atoms with van der Waals surface area (Å²) < 4.78 is 1.42. The van der Waals surface area contributed by atoms with Gasteiger partial charge >= 0.3 is 5.97 Å². The first-order valence-corrected chi connectivity index (χ1v) is 3.63. The van der Waals surface area contributed by atoms with Gasteiger partial charge in [0.05, 0.1) is 0 Å². The Morgan fingerprint density at radius 3 is 2.67 bits per heavy atom. The summed E-state index contributed by atoms with van der Waals surface area (Å²) in [7, 11) is 1.65. The second-order valence-electron chi connectivity index (χ2n) is 3.01. The van der Waals surface area contributed by atoms with Crippen molar-refractivity contribution in [3.05, 3.63) is 5.82 Å². The molecule has 1 N–H and O–H groups in total. The van der Waals surface area contributed by atoms with Crippen LogP contribution in [0.15, 0.2) is 0 Å². The van der Waals surface area contributed by atoms with Crippen LogP contribution in [0.2, 0.25) is 0 Å². The Bertz CT molecular complexity index is 328. The van der Waals surface area contributed by atoms with E-state index in [1.54, 1.807) is 7.05 Å². The summed E-state index contributed by atoms with van der Waals surface area (Å²) in [5, 5.41) is 19.6. The number of hydrogen-bond acceptors (Lipinski definition) is 4. The molecule has 6 nitrogen and oxygen atoms in total. The van der Waals surface area contributed by atoms with Crippen LogP contribution in [-0.4, -0.2) is 31.3 Å². The second kappa shape index (κ2) is 2.02. The molecule has 1 aliphatic rings. The van der Waals surface area contributed by atoms with Crippen LogP contribution in [0.3, 0.4) is 0 Å². The van der Waals surface area contributed by atoms with Gasteiger partial charge in [-0.05, 0) is 23.3 Å². The molecule has 2 rings (SSSR count). The molecular formula is C6H8N4O2. The van der Waals surface area contributed by atoms with Crippen molar-refractivity contribution in [3.63, 3.8) is 0 Å². The first-order valence-electron chi connectivity index (χ1n) is 3.63. The number of carboxylic acid groups (broad SMARTS) is 1. The van der Waals surface area contributed by atoms with E-state index in [4.69, 9.17) is 5.11 Å². The van der Waals surface area contributed by atoms with Crippen LogP contribution in [0.5, 0.6) is 0 Å². The molecule has 64 valence electrons. The summed E-state index contributed by atoms with van der Waals surface area (Å²) in [4.78, 5) is 10.8. The van der Waals surface area contributed by atoms with Crippen LogP contribution >= 0.6 is 0 Å². The van der Waals surface area contributed by atoms with E-state index >= 15 is 0 Å². The molecule has 12 heavy (non-hydrogen) atoms. The fourth-order valence-corrected chi connectivity index (χ4v) is 1.29. The SMILES string of the molecule is Cn1nnnc1C1(C(=O)O)CC1. The first kappa shape index (κ1) is 7.20. The zero-order valence-corrected chi connectivity index (χ0v) is 6.56. The molecule has 1 aromatic heterocycles. The van der Waals surface area contributed by atoms with Gasteiger partial charge in [-0.25, -0.2) is 4.68 Å². The summed E-state index contributed by atoms with van der Waals surface area (Å²) in [6.45, 7) is 0. The molecule has 1 saturated carbocycles. The number of nitrogens with zero attached hydrogens (tertiary/aromatic N) is 4. The van der Waals surface area contributed by atoms with Crippen molar-refractivity contribution in [2.45, 2.75) is 18.3 Å². The third-order valence-corrected chi connectivity index (χ3v) is 2.21. The van der Waals surface area contributed by atoms with Gasteiger partial charge in [-0.3, -0.25) is 4.79 Å². The second-order valence-corrected chi connectivity index (χ2v) is 3.01. The van der Waals surface area contributed by atoms with Gasteiger partial charge in [0.2, 0.25) is 0 Å². The zero-order chi connectivity index (χ0) is 8.77. The number of carbonyl (C=O) groups is 1. The molecule has 0 amide bonds. The van der Waals surface area contributed by atoms with Gasteiger partial charge in [-0.2, -0.15) is 0 Å². The topological polar surface area (TPSA) is 80.9 Å². The van der Waals surface area contributed by atoms with Crippen molar-refractivity contribution < 1.29 is 9.90 Å². The lowest BCUT2D eigenvalue weighted by Crippen LogP contribution is -2.23. The molecule has 0 aromatic carbocycles. The predicted octanol–water partition coefficient (Wildman–Crippen LogP) is -0.674. The summed E-state index contributed by atoms with van der Waals surface area (Å²) in [6.07, 6.45) is 1.27. The molecular weight excluding hydrogens is 160 g/mol. The lowest BCUT2D eigenvalue weighted by molar-refractivity contribution is -0.140. The van der Waals surface area contributed by atoms with Gasteiger partial charge < -0.3 is 5.11 Å². The number of carboxylic acids is 1. The number of rotatable bonds is 2. The largest absolute Gasteiger partial charge is 0.480 e. The van der Waals surface area contributed by atoms with Crippen LogP contribution in [0, 0.1) is 0 Å². The summed E-state index contributed by atoms with van der Waals surface area (Å²) in [5.74, 6) is -0.379. The van der Waals surface area contributed by atoms with E-state index < -0.39 is 11.4 Å². The van der Waals surface area contributed by atoms with Crippen molar-refractivity contribution >= 4 is 5.97 Å². The lowest BCUT2D eigenvalue weighted by Gasteiger charge is -2.05. The Balaban J connectivity index is 2.43. The maximum atomic E-state index is 10.8. The molecule has 0 aliphatic heterocycles. The Kier molecular flexibility index (Phi) is 1.22. The molecule has 6 heteroatoms. The smallest absolute Gasteiger partial charge is 0.317 e. The highest BCUT2D eigenvalue weighted by Crippen LogP contribution is 2.46. The fourth-order valence-electron chi connectivity index (χ4n) is 1.29. The van der Waals surface area contributed by atoms with Gasteiger partial charge in [-0.1, -0.05) is 0 Å². The Labute approximate surface area is 68.2 Å². The van der Waals surface area contributed by atoms with E-state index in [1.807, 2.05) is 0 Å². The Morgan fingerprint density at radius 1 is 1.67 bits per heavy atom. The molecule has 0 saturated heterocycles. The summed E-state index contributed by atoms with van der Waals surface area (Å²) in [6, 6.07) is 0. The molecule has 0 unspecified atom stereocenters. The van der Waals surface area contributed by atoms with Crippen molar-refractivity contribution in [1.29, 1.82) is 0 Å². The van der Waals surface area contributed by atoms with E-state index in [-0.39, 0.29) is 0 Å². The number of aliphatic carboxylic acids is 1. The van der Waals surface area contributed by atoms with Crippen LogP contribution in [0.1, 0.15) is 18.7 Å². The fraction of sp³-hybridized carbons (Fsp3) is 0.667. The molecule has 1 aromatic rings. The van der Waals surface area contributed by atoms with Gasteiger partial charge in [0.15, 0.2) is 5.82 Å². The van der Waals surface area contributed by atoms with Crippen molar-refractivity contribution in [2.75, 3.05) is 0 Å². The highest BCUT2D eigenvalue weighted by Gasteiger charge is 2.55. The minimum Gasteiger partial charge on any atom is -0.480 e. The minimum absolute atomic E-state index is 0.454. The molecule has 1 aliphatic carbocycles. The Hall–Kier alpha value is -1.46. The van der Waals surface area contributed by atoms with E-state index in [2.05, 4.69) is 15.5 Å². The lowest BCUT2D eigenvalue weighted by atomic mass is 10.1. The third kappa shape index (κ3) is 0.744. The minimum atomic E-state index is -0.833. The monoisotopic (exact) mass is 168 g/mol. The van der Waals surface area contributed by atoms with Crippen molar-refractivity contribution in [3.8, 4) is 0 Å². The van der Waals surface area contributed by atoms with Gasteiger partial charge in [0.1, 0.15) is 5.41 Å². The average molecular weight is 168 g/mol.